The standard InChI is InChI=1S/C24H24N4O/c1-16-6-5-9-21(17(16)2)28-24(29)19-10-11-23(27-15-19)25-13-12-18-14-26-22-8-4-3-7-20(18)22/h3-11,14-15,26H,12-13H2,1-2H3,(H,25,27)(H,28,29). The predicted molar refractivity (Wildman–Crippen MR) is 119 cm³/mol. The molecule has 0 unspecified atom stereocenters. The fourth-order valence-electron chi connectivity index (χ4n) is 3.38. The number of aromatic amines is 1. The fraction of sp³-hybridized carbons (Fsp3) is 0.167. The highest BCUT2D eigenvalue weighted by Gasteiger charge is 2.09. The Morgan fingerprint density at radius 3 is 2.72 bits per heavy atom. The molecule has 3 N–H and O–H groups in total. The van der Waals surface area contributed by atoms with Gasteiger partial charge in [0.1, 0.15) is 5.82 Å². The minimum atomic E-state index is -0.156. The molecule has 2 heterocycles. The third-order valence-corrected chi connectivity index (χ3v) is 5.25. The molecule has 0 aliphatic rings. The van der Waals surface area contributed by atoms with E-state index in [0.717, 1.165) is 41.1 Å². The number of nitrogens with one attached hydrogen (secondary N) is 3. The van der Waals surface area contributed by atoms with Crippen molar-refractivity contribution in [1.82, 2.24) is 9.97 Å². The van der Waals surface area contributed by atoms with Crippen molar-refractivity contribution in [3.05, 3.63) is 89.2 Å². The van der Waals surface area contributed by atoms with Gasteiger partial charge in [-0.25, -0.2) is 4.98 Å². The number of aryl methyl sites for hydroxylation is 1. The summed E-state index contributed by atoms with van der Waals surface area (Å²) in [7, 11) is 0. The lowest BCUT2D eigenvalue weighted by Crippen LogP contribution is -2.14. The maximum absolute atomic E-state index is 12.5. The van der Waals surface area contributed by atoms with E-state index < -0.39 is 0 Å². The van der Waals surface area contributed by atoms with Gasteiger partial charge in [-0.3, -0.25) is 4.79 Å². The molecule has 0 radical (unpaired) electrons. The molecule has 1 amide bonds. The molecule has 0 aliphatic heterocycles. The number of hydrogen-bond acceptors (Lipinski definition) is 3. The second kappa shape index (κ2) is 8.19. The molecule has 2 aromatic heterocycles. The van der Waals surface area contributed by atoms with Crippen molar-refractivity contribution in [3.8, 4) is 0 Å². The number of anilines is 2. The first-order chi connectivity index (χ1) is 14.1. The second-order valence-electron chi connectivity index (χ2n) is 7.17. The first-order valence-electron chi connectivity index (χ1n) is 9.74. The molecule has 0 bridgehead atoms. The van der Waals surface area contributed by atoms with Crippen molar-refractivity contribution in [2.45, 2.75) is 20.3 Å². The van der Waals surface area contributed by atoms with E-state index in [9.17, 15) is 4.79 Å². The lowest BCUT2D eigenvalue weighted by atomic mass is 10.1. The molecule has 0 saturated heterocycles. The molecule has 2 aromatic carbocycles. The van der Waals surface area contributed by atoms with Crippen LogP contribution in [0.3, 0.4) is 0 Å². The number of carbonyl (C=O) groups excluding carboxylic acids is 1. The quantitative estimate of drug-likeness (QED) is 0.434. The van der Waals surface area contributed by atoms with Crippen LogP contribution in [0, 0.1) is 13.8 Å². The van der Waals surface area contributed by atoms with Gasteiger partial charge >= 0.3 is 0 Å². The van der Waals surface area contributed by atoms with E-state index >= 15 is 0 Å². The van der Waals surface area contributed by atoms with Crippen LogP contribution < -0.4 is 10.6 Å². The number of benzene rings is 2. The highest BCUT2D eigenvalue weighted by atomic mass is 16.1. The van der Waals surface area contributed by atoms with Crippen molar-refractivity contribution in [3.63, 3.8) is 0 Å². The Balaban J connectivity index is 1.35. The molecule has 4 rings (SSSR count). The smallest absolute Gasteiger partial charge is 0.257 e. The highest BCUT2D eigenvalue weighted by molar-refractivity contribution is 6.04. The van der Waals surface area contributed by atoms with Gasteiger partial charge in [-0.15, -0.1) is 0 Å². The number of pyridine rings is 1. The van der Waals surface area contributed by atoms with Gasteiger partial charge in [0.05, 0.1) is 5.56 Å². The van der Waals surface area contributed by atoms with Gasteiger partial charge in [-0.1, -0.05) is 30.3 Å². The zero-order chi connectivity index (χ0) is 20.2. The number of rotatable bonds is 6. The van der Waals surface area contributed by atoms with Crippen molar-refractivity contribution in [2.75, 3.05) is 17.2 Å². The van der Waals surface area contributed by atoms with Gasteiger partial charge in [0.15, 0.2) is 0 Å². The Morgan fingerprint density at radius 1 is 1.03 bits per heavy atom. The van der Waals surface area contributed by atoms with E-state index in [1.54, 1.807) is 12.3 Å². The van der Waals surface area contributed by atoms with Gasteiger partial charge in [-0.2, -0.15) is 0 Å². The molecule has 29 heavy (non-hydrogen) atoms. The summed E-state index contributed by atoms with van der Waals surface area (Å²) in [5.41, 5.74) is 6.02. The fourth-order valence-corrected chi connectivity index (χ4v) is 3.38. The van der Waals surface area contributed by atoms with Crippen LogP contribution in [0.5, 0.6) is 0 Å². The largest absolute Gasteiger partial charge is 0.370 e. The summed E-state index contributed by atoms with van der Waals surface area (Å²) in [6.45, 7) is 4.80. The van der Waals surface area contributed by atoms with Crippen molar-refractivity contribution in [2.24, 2.45) is 0 Å². The highest BCUT2D eigenvalue weighted by Crippen LogP contribution is 2.20. The number of H-pyrrole nitrogens is 1. The molecule has 146 valence electrons. The number of aromatic nitrogens is 2. The maximum Gasteiger partial charge on any atom is 0.257 e. The number of amides is 1. The van der Waals surface area contributed by atoms with Crippen LogP contribution in [0.1, 0.15) is 27.0 Å². The maximum atomic E-state index is 12.5. The van der Waals surface area contributed by atoms with E-state index in [1.165, 1.54) is 10.9 Å². The number of nitrogens with zero attached hydrogens (tertiary/aromatic N) is 1. The topological polar surface area (TPSA) is 69.8 Å². The lowest BCUT2D eigenvalue weighted by molar-refractivity contribution is 0.102. The third-order valence-electron chi connectivity index (χ3n) is 5.25. The number of hydrogen-bond donors (Lipinski definition) is 3. The molecule has 4 aromatic rings. The van der Waals surface area contributed by atoms with Gasteiger partial charge in [0, 0.05) is 35.5 Å². The number of para-hydroxylation sites is 1. The minimum Gasteiger partial charge on any atom is -0.370 e. The Bertz CT molecular complexity index is 1150. The monoisotopic (exact) mass is 384 g/mol. The summed E-state index contributed by atoms with van der Waals surface area (Å²) in [5.74, 6) is 0.602. The average molecular weight is 384 g/mol. The van der Waals surface area contributed by atoms with Crippen molar-refractivity contribution in [1.29, 1.82) is 0 Å². The minimum absolute atomic E-state index is 0.156. The van der Waals surface area contributed by atoms with Gasteiger partial charge < -0.3 is 15.6 Å². The van der Waals surface area contributed by atoms with Crippen LogP contribution in [0.25, 0.3) is 10.9 Å². The van der Waals surface area contributed by atoms with Crippen LogP contribution in [0.2, 0.25) is 0 Å². The van der Waals surface area contributed by atoms with E-state index in [0.29, 0.717) is 5.56 Å². The Labute approximate surface area is 170 Å². The molecule has 5 heteroatoms. The summed E-state index contributed by atoms with van der Waals surface area (Å²) in [5, 5.41) is 7.54. The molecule has 0 aliphatic carbocycles. The summed E-state index contributed by atoms with van der Waals surface area (Å²) < 4.78 is 0. The first-order valence-corrected chi connectivity index (χ1v) is 9.74. The van der Waals surface area contributed by atoms with Crippen molar-refractivity contribution >= 4 is 28.3 Å². The number of carbonyl (C=O) groups is 1. The number of fused-ring (bicyclic) bond motifs is 1. The molecular formula is C24H24N4O. The van der Waals surface area contributed by atoms with E-state index in [2.05, 4.69) is 45.0 Å². The molecule has 0 fully saturated rings. The molecule has 5 nitrogen and oxygen atoms in total. The summed E-state index contributed by atoms with van der Waals surface area (Å²) in [6.07, 6.45) is 4.55. The van der Waals surface area contributed by atoms with Gasteiger partial charge in [-0.05, 0) is 61.2 Å². The van der Waals surface area contributed by atoms with E-state index in [1.807, 2.05) is 44.2 Å². The van der Waals surface area contributed by atoms with Gasteiger partial charge in [0.2, 0.25) is 0 Å². The lowest BCUT2D eigenvalue weighted by Gasteiger charge is -2.11. The summed E-state index contributed by atoms with van der Waals surface area (Å²) in [6, 6.07) is 17.8. The van der Waals surface area contributed by atoms with Crippen LogP contribution in [-0.2, 0) is 6.42 Å². The van der Waals surface area contributed by atoms with Gasteiger partial charge in [0.25, 0.3) is 5.91 Å². The van der Waals surface area contributed by atoms with E-state index in [4.69, 9.17) is 0 Å². The first kappa shape index (κ1) is 18.7. The van der Waals surface area contributed by atoms with Crippen molar-refractivity contribution < 1.29 is 4.79 Å². The third kappa shape index (κ3) is 4.14. The van der Waals surface area contributed by atoms with Crippen LogP contribution in [0.4, 0.5) is 11.5 Å². The molecular weight excluding hydrogens is 360 g/mol. The second-order valence-corrected chi connectivity index (χ2v) is 7.17. The Kier molecular flexibility index (Phi) is 5.29. The Morgan fingerprint density at radius 2 is 1.90 bits per heavy atom. The summed E-state index contributed by atoms with van der Waals surface area (Å²) in [4.78, 5) is 20.2. The van der Waals surface area contributed by atoms with Crippen LogP contribution in [0.15, 0.2) is 67.0 Å². The predicted octanol–water partition coefficient (Wildman–Crippen LogP) is 5.09. The zero-order valence-electron chi connectivity index (χ0n) is 16.6. The molecule has 0 atom stereocenters. The molecule has 0 spiro atoms. The summed E-state index contributed by atoms with van der Waals surface area (Å²) >= 11 is 0. The normalized spacial score (nSPS) is 10.8. The zero-order valence-corrected chi connectivity index (χ0v) is 16.6. The molecule has 0 saturated carbocycles. The average Bonchev–Trinajstić information content (AvgIpc) is 3.15. The SMILES string of the molecule is Cc1cccc(NC(=O)c2ccc(NCCc3c[nH]c4ccccc34)nc2)c1C. The van der Waals surface area contributed by atoms with Crippen LogP contribution in [-0.4, -0.2) is 22.4 Å². The Hall–Kier alpha value is -3.60. The van der Waals surface area contributed by atoms with E-state index in [-0.39, 0.29) is 5.91 Å². The van der Waals surface area contributed by atoms with Crippen LogP contribution >= 0.6 is 0 Å².